The van der Waals surface area contributed by atoms with E-state index < -0.39 is 0 Å². The number of nitrogens with one attached hydrogen (secondary N) is 1. The average Bonchev–Trinajstić information content (AvgIpc) is 2.99. The quantitative estimate of drug-likeness (QED) is 0.797. The van der Waals surface area contributed by atoms with Gasteiger partial charge in [-0.1, -0.05) is 13.8 Å². The molecule has 1 aliphatic heterocycles. The van der Waals surface area contributed by atoms with Crippen LogP contribution in [0.1, 0.15) is 65.2 Å². The Hall–Kier alpha value is -1.26. The van der Waals surface area contributed by atoms with Gasteiger partial charge < -0.3 is 15.0 Å². The number of fused-ring (bicyclic) bond motifs is 5. The highest BCUT2D eigenvalue weighted by molar-refractivity contribution is 5.77. The molecule has 5 heteroatoms. The van der Waals surface area contributed by atoms with Crippen LogP contribution in [-0.4, -0.2) is 43.6 Å². The molecule has 27 heavy (non-hydrogen) atoms. The summed E-state index contributed by atoms with van der Waals surface area (Å²) in [5.74, 6) is 3.08. The van der Waals surface area contributed by atoms with Crippen molar-refractivity contribution < 1.29 is 14.3 Å². The minimum Gasteiger partial charge on any atom is -0.449 e. The van der Waals surface area contributed by atoms with Crippen molar-refractivity contribution in [3.8, 4) is 0 Å². The first-order valence-electron chi connectivity index (χ1n) is 10.9. The van der Waals surface area contributed by atoms with Crippen LogP contribution in [0, 0.1) is 34.5 Å². The molecule has 5 nitrogen and oxygen atoms in total. The van der Waals surface area contributed by atoms with E-state index in [0.717, 1.165) is 37.0 Å². The second kappa shape index (κ2) is 6.66. The molecule has 152 valence electrons. The first-order valence-corrected chi connectivity index (χ1v) is 10.9. The monoisotopic (exact) mass is 376 g/mol. The lowest BCUT2D eigenvalue weighted by molar-refractivity contribution is -0.158. The molecule has 1 N–H and O–H groups in total. The number of alkyl carbamates (subject to hydrolysis) is 1. The maximum Gasteiger partial charge on any atom is 0.406 e. The average molecular weight is 377 g/mol. The Morgan fingerprint density at radius 2 is 1.85 bits per heavy atom. The fourth-order valence-corrected chi connectivity index (χ4v) is 7.78. The van der Waals surface area contributed by atoms with Gasteiger partial charge in [0.15, 0.2) is 0 Å². The van der Waals surface area contributed by atoms with Crippen molar-refractivity contribution >= 4 is 12.0 Å². The summed E-state index contributed by atoms with van der Waals surface area (Å²) < 4.78 is 5.46. The largest absolute Gasteiger partial charge is 0.449 e. The summed E-state index contributed by atoms with van der Waals surface area (Å²) in [6.45, 7) is 5.49. The number of amides is 2. The number of rotatable bonds is 2. The summed E-state index contributed by atoms with van der Waals surface area (Å²) in [6, 6.07) is 0.429. The van der Waals surface area contributed by atoms with E-state index in [2.05, 4.69) is 24.1 Å². The lowest BCUT2D eigenvalue weighted by Crippen LogP contribution is -2.61. The Labute approximate surface area is 163 Å². The standard InChI is InChI=1S/C22H36N2O3/c1-21-11-9-17-15(16(21)7-5-14(21)13-27-20(26)23-3)6-8-18-22(17,2)12-10-19(25)24(18)4/h14-18H,5-13H2,1-4H3,(H,23,26)/t14?,15-,16-,17-,18+,21+,22+/m0/s1. The van der Waals surface area contributed by atoms with Crippen LogP contribution in [0.15, 0.2) is 0 Å². The first-order chi connectivity index (χ1) is 12.8. The molecule has 4 fully saturated rings. The molecule has 0 bridgehead atoms. The molecular formula is C22H36N2O3. The molecule has 0 aromatic carbocycles. The van der Waals surface area contributed by atoms with Gasteiger partial charge in [0.25, 0.3) is 0 Å². The first kappa shape index (κ1) is 19.1. The lowest BCUT2D eigenvalue weighted by atomic mass is 9.47. The number of hydrogen-bond donors (Lipinski definition) is 1. The normalized spacial score (nSPS) is 46.3. The van der Waals surface area contributed by atoms with Crippen LogP contribution in [0.2, 0.25) is 0 Å². The molecule has 0 aromatic heterocycles. The molecule has 0 aromatic rings. The predicted molar refractivity (Wildman–Crippen MR) is 104 cm³/mol. The fraction of sp³-hybridized carbons (Fsp3) is 0.909. The minimum atomic E-state index is -0.307. The molecule has 1 heterocycles. The Bertz CT molecular complexity index is 623. The summed E-state index contributed by atoms with van der Waals surface area (Å²) in [5.41, 5.74) is 0.582. The topological polar surface area (TPSA) is 58.6 Å². The Kier molecular flexibility index (Phi) is 4.71. The van der Waals surface area contributed by atoms with Crippen LogP contribution in [0.25, 0.3) is 0 Å². The zero-order chi connectivity index (χ0) is 19.4. The fourth-order valence-electron chi connectivity index (χ4n) is 7.78. The van der Waals surface area contributed by atoms with Gasteiger partial charge >= 0.3 is 6.09 Å². The molecule has 3 aliphatic carbocycles. The zero-order valence-corrected chi connectivity index (χ0v) is 17.4. The number of carbonyl (C=O) groups excluding carboxylic acids is 2. The van der Waals surface area contributed by atoms with Crippen LogP contribution in [-0.2, 0) is 9.53 Å². The van der Waals surface area contributed by atoms with Crippen molar-refractivity contribution in [3.63, 3.8) is 0 Å². The van der Waals surface area contributed by atoms with E-state index in [-0.39, 0.29) is 11.5 Å². The van der Waals surface area contributed by atoms with E-state index in [4.69, 9.17) is 4.74 Å². The van der Waals surface area contributed by atoms with E-state index in [1.165, 1.54) is 32.1 Å². The highest BCUT2D eigenvalue weighted by Crippen LogP contribution is 2.66. The molecule has 2 amide bonds. The van der Waals surface area contributed by atoms with Crippen LogP contribution in [0.5, 0.6) is 0 Å². The smallest absolute Gasteiger partial charge is 0.406 e. The number of ether oxygens (including phenoxy) is 1. The van der Waals surface area contributed by atoms with Gasteiger partial charge in [0.1, 0.15) is 0 Å². The number of nitrogens with zero attached hydrogens (tertiary/aromatic N) is 1. The summed E-state index contributed by atoms with van der Waals surface area (Å²) >= 11 is 0. The van der Waals surface area contributed by atoms with E-state index in [0.29, 0.717) is 29.9 Å². The van der Waals surface area contributed by atoms with Crippen LogP contribution in [0.3, 0.4) is 0 Å². The predicted octanol–water partition coefficient (Wildman–Crippen LogP) is 3.82. The van der Waals surface area contributed by atoms with Crippen LogP contribution in [0.4, 0.5) is 4.79 Å². The molecule has 4 rings (SSSR count). The number of piperidine rings is 1. The maximum atomic E-state index is 12.3. The van der Waals surface area contributed by atoms with Gasteiger partial charge in [0.05, 0.1) is 6.61 Å². The molecule has 0 spiro atoms. The van der Waals surface area contributed by atoms with E-state index in [1.807, 2.05) is 7.05 Å². The third-order valence-corrected chi connectivity index (χ3v) is 9.37. The summed E-state index contributed by atoms with van der Waals surface area (Å²) in [6.07, 6.45) is 8.85. The summed E-state index contributed by atoms with van der Waals surface area (Å²) in [5, 5.41) is 2.57. The van der Waals surface area contributed by atoms with E-state index >= 15 is 0 Å². The lowest BCUT2D eigenvalue weighted by Gasteiger charge is -2.61. The van der Waals surface area contributed by atoms with Crippen molar-refractivity contribution in [2.45, 2.75) is 71.3 Å². The van der Waals surface area contributed by atoms with Crippen molar-refractivity contribution in [3.05, 3.63) is 0 Å². The molecule has 4 aliphatic rings. The van der Waals surface area contributed by atoms with Gasteiger partial charge in [-0.05, 0) is 79.4 Å². The third-order valence-electron chi connectivity index (χ3n) is 9.37. The van der Waals surface area contributed by atoms with Crippen LogP contribution < -0.4 is 5.32 Å². The minimum absolute atomic E-state index is 0.281. The second-order valence-corrected chi connectivity index (χ2v) is 10.1. The van der Waals surface area contributed by atoms with Gasteiger partial charge in [-0.15, -0.1) is 0 Å². The zero-order valence-electron chi connectivity index (χ0n) is 17.4. The SMILES string of the molecule is CNC(=O)OCC1CC[C@H]2[C@@H]3CC[C@H]4N(C)C(=O)CC[C@]4(C)[C@H]3CC[C@]12C. The highest BCUT2D eigenvalue weighted by Gasteiger charge is 2.61. The van der Waals surface area contributed by atoms with Gasteiger partial charge in [-0.2, -0.15) is 0 Å². The van der Waals surface area contributed by atoms with Gasteiger partial charge in [-0.3, -0.25) is 4.79 Å². The Balaban J connectivity index is 1.52. The van der Waals surface area contributed by atoms with Crippen molar-refractivity contribution in [1.29, 1.82) is 0 Å². The van der Waals surface area contributed by atoms with Gasteiger partial charge in [-0.25, -0.2) is 4.79 Å². The van der Waals surface area contributed by atoms with E-state index in [9.17, 15) is 9.59 Å². The molecule has 1 saturated heterocycles. The molecule has 1 unspecified atom stereocenters. The second-order valence-electron chi connectivity index (χ2n) is 10.1. The van der Waals surface area contributed by atoms with E-state index in [1.54, 1.807) is 7.05 Å². The van der Waals surface area contributed by atoms with Crippen molar-refractivity contribution in [2.75, 3.05) is 20.7 Å². The third kappa shape index (κ3) is 2.79. The highest BCUT2D eigenvalue weighted by atomic mass is 16.5. The maximum absolute atomic E-state index is 12.3. The molecule has 3 saturated carbocycles. The Morgan fingerprint density at radius 1 is 1.11 bits per heavy atom. The molecular weight excluding hydrogens is 340 g/mol. The summed E-state index contributed by atoms with van der Waals surface area (Å²) in [4.78, 5) is 25.9. The summed E-state index contributed by atoms with van der Waals surface area (Å²) in [7, 11) is 3.65. The van der Waals surface area contributed by atoms with Gasteiger partial charge in [0.2, 0.25) is 5.91 Å². The van der Waals surface area contributed by atoms with Crippen LogP contribution >= 0.6 is 0 Å². The molecule has 0 radical (unpaired) electrons. The van der Waals surface area contributed by atoms with Crippen molar-refractivity contribution in [1.82, 2.24) is 10.2 Å². The van der Waals surface area contributed by atoms with Crippen molar-refractivity contribution in [2.24, 2.45) is 34.5 Å². The number of likely N-dealkylation sites (tertiary alicyclic amines) is 1. The number of hydrogen-bond acceptors (Lipinski definition) is 3. The Morgan fingerprint density at radius 3 is 2.59 bits per heavy atom. The number of carbonyl (C=O) groups is 2. The molecule has 7 atom stereocenters. The van der Waals surface area contributed by atoms with Gasteiger partial charge in [0, 0.05) is 26.6 Å².